The molecule has 0 rings (SSSR count). The van der Waals surface area contributed by atoms with Crippen LogP contribution >= 0.6 is 0 Å². The molecule has 0 aromatic carbocycles. The van der Waals surface area contributed by atoms with Crippen molar-refractivity contribution >= 4 is 17.5 Å². The number of carbonyl (C=O) groups excluding carboxylic acids is 2. The number of hydrogen-bond donors (Lipinski definition) is 1. The van der Waals surface area contributed by atoms with E-state index < -0.39 is 17.2 Å². The Morgan fingerprint density at radius 2 is 1.86 bits per heavy atom. The Hall–Kier alpha value is -1.23. The van der Waals surface area contributed by atoms with Crippen LogP contribution in [0.3, 0.4) is 0 Å². The first-order valence-corrected chi connectivity index (χ1v) is 4.09. The minimum Gasteiger partial charge on any atom is -0.480 e. The van der Waals surface area contributed by atoms with Crippen LogP contribution in [0, 0.1) is 5.41 Å². The molecule has 0 aromatic rings. The zero-order chi connectivity index (χ0) is 11.4. The molecule has 0 aliphatic rings. The van der Waals surface area contributed by atoms with Crippen molar-refractivity contribution in [2.75, 3.05) is 13.7 Å². The number of aliphatic carboxylic acids is 1. The number of ketones is 2. The van der Waals surface area contributed by atoms with Crippen LogP contribution in [0.5, 0.6) is 0 Å². The summed E-state index contributed by atoms with van der Waals surface area (Å²) >= 11 is 0. The van der Waals surface area contributed by atoms with E-state index in [4.69, 9.17) is 5.11 Å². The van der Waals surface area contributed by atoms with Gasteiger partial charge in [-0.15, -0.1) is 0 Å². The summed E-state index contributed by atoms with van der Waals surface area (Å²) in [7, 11) is 1.30. The lowest BCUT2D eigenvalue weighted by Gasteiger charge is -2.21. The fraction of sp³-hybridized carbons (Fsp3) is 0.667. The van der Waals surface area contributed by atoms with E-state index in [1.165, 1.54) is 21.0 Å². The highest BCUT2D eigenvalue weighted by atomic mass is 16.5. The Labute approximate surface area is 82.1 Å². The second-order valence-electron chi connectivity index (χ2n) is 3.37. The molecule has 0 heterocycles. The quantitative estimate of drug-likeness (QED) is 0.625. The third kappa shape index (κ3) is 2.92. The molecule has 0 aromatic heterocycles. The minimum absolute atomic E-state index is 0.296. The van der Waals surface area contributed by atoms with Crippen molar-refractivity contribution in [3.63, 3.8) is 0 Å². The maximum absolute atomic E-state index is 11.4. The summed E-state index contributed by atoms with van der Waals surface area (Å²) in [5.41, 5.74) is -1.66. The second kappa shape index (κ2) is 4.85. The molecule has 0 amide bonds. The van der Waals surface area contributed by atoms with Crippen molar-refractivity contribution < 1.29 is 24.2 Å². The molecular weight excluding hydrogens is 188 g/mol. The summed E-state index contributed by atoms with van der Waals surface area (Å²) < 4.78 is 4.56. The van der Waals surface area contributed by atoms with Gasteiger partial charge in [-0.25, -0.2) is 0 Å². The number of carboxylic acid groups (broad SMARTS) is 1. The molecule has 80 valence electrons. The van der Waals surface area contributed by atoms with Crippen LogP contribution in [0.4, 0.5) is 0 Å². The van der Waals surface area contributed by atoms with Gasteiger partial charge in [0.25, 0.3) is 0 Å². The van der Waals surface area contributed by atoms with Crippen molar-refractivity contribution in [2.24, 2.45) is 5.41 Å². The number of rotatable bonds is 6. The third-order valence-corrected chi connectivity index (χ3v) is 1.97. The monoisotopic (exact) mass is 202 g/mol. The number of Topliss-reactive ketones (excluding diaryl/α,β-unsaturated/α-hetero) is 2. The molecule has 0 fully saturated rings. The molecule has 0 saturated heterocycles. The molecular formula is C9H14O5. The maximum atomic E-state index is 11.4. The van der Waals surface area contributed by atoms with E-state index in [1.807, 2.05) is 0 Å². The van der Waals surface area contributed by atoms with Crippen LogP contribution in [0.2, 0.25) is 0 Å². The fourth-order valence-electron chi connectivity index (χ4n) is 1.08. The van der Waals surface area contributed by atoms with E-state index >= 15 is 0 Å². The Balaban J connectivity index is 4.80. The molecule has 0 spiro atoms. The zero-order valence-corrected chi connectivity index (χ0v) is 8.49. The number of carboxylic acids is 1. The van der Waals surface area contributed by atoms with Gasteiger partial charge in [0.2, 0.25) is 0 Å². The van der Waals surface area contributed by atoms with E-state index in [1.54, 1.807) is 0 Å². The van der Waals surface area contributed by atoms with Crippen LogP contribution in [-0.4, -0.2) is 36.4 Å². The number of ether oxygens (including phenoxy) is 1. The molecule has 0 aliphatic heterocycles. The van der Waals surface area contributed by atoms with E-state index in [0.29, 0.717) is 0 Å². The SMILES string of the molecule is COCC(=O)C(C)(CC(C)=O)C(=O)O. The Kier molecular flexibility index (Phi) is 4.43. The average molecular weight is 202 g/mol. The van der Waals surface area contributed by atoms with Crippen molar-refractivity contribution in [3.05, 3.63) is 0 Å². The summed E-state index contributed by atoms with van der Waals surface area (Å²) in [6, 6.07) is 0. The minimum atomic E-state index is -1.66. The van der Waals surface area contributed by atoms with Crippen molar-refractivity contribution in [2.45, 2.75) is 20.3 Å². The number of hydrogen-bond acceptors (Lipinski definition) is 4. The topological polar surface area (TPSA) is 80.7 Å². The molecule has 1 atom stereocenters. The first-order valence-electron chi connectivity index (χ1n) is 4.09. The van der Waals surface area contributed by atoms with Crippen LogP contribution in [-0.2, 0) is 19.1 Å². The van der Waals surface area contributed by atoms with Gasteiger partial charge in [-0.2, -0.15) is 0 Å². The highest BCUT2D eigenvalue weighted by molar-refractivity contribution is 6.06. The fourth-order valence-corrected chi connectivity index (χ4v) is 1.08. The van der Waals surface area contributed by atoms with Gasteiger partial charge < -0.3 is 9.84 Å². The normalized spacial score (nSPS) is 14.5. The summed E-state index contributed by atoms with van der Waals surface area (Å²) in [5.74, 6) is -2.23. The molecule has 5 heteroatoms. The molecule has 0 saturated carbocycles. The smallest absolute Gasteiger partial charge is 0.317 e. The Bertz CT molecular complexity index is 258. The summed E-state index contributed by atoms with van der Waals surface area (Å²) in [6.07, 6.45) is -0.301. The summed E-state index contributed by atoms with van der Waals surface area (Å²) in [6.45, 7) is 2.19. The molecule has 1 N–H and O–H groups in total. The molecule has 0 bridgehead atoms. The summed E-state index contributed by atoms with van der Waals surface area (Å²) in [4.78, 5) is 33.0. The third-order valence-electron chi connectivity index (χ3n) is 1.97. The molecule has 0 radical (unpaired) electrons. The van der Waals surface area contributed by atoms with Gasteiger partial charge in [-0.3, -0.25) is 14.4 Å². The zero-order valence-electron chi connectivity index (χ0n) is 8.49. The highest BCUT2D eigenvalue weighted by Crippen LogP contribution is 2.23. The van der Waals surface area contributed by atoms with Crippen LogP contribution < -0.4 is 0 Å². The van der Waals surface area contributed by atoms with E-state index in [0.717, 1.165) is 0 Å². The number of methoxy groups -OCH3 is 1. The Morgan fingerprint density at radius 1 is 1.36 bits per heavy atom. The molecule has 14 heavy (non-hydrogen) atoms. The van der Waals surface area contributed by atoms with Gasteiger partial charge >= 0.3 is 5.97 Å². The van der Waals surface area contributed by atoms with Gasteiger partial charge in [0.1, 0.15) is 17.8 Å². The van der Waals surface area contributed by atoms with E-state index in [9.17, 15) is 14.4 Å². The average Bonchev–Trinajstić information content (AvgIpc) is 2.02. The van der Waals surface area contributed by atoms with Crippen LogP contribution in [0.25, 0.3) is 0 Å². The van der Waals surface area contributed by atoms with Crippen molar-refractivity contribution in [1.82, 2.24) is 0 Å². The molecule has 0 aliphatic carbocycles. The summed E-state index contributed by atoms with van der Waals surface area (Å²) in [5, 5.41) is 8.85. The lowest BCUT2D eigenvalue weighted by atomic mass is 9.81. The van der Waals surface area contributed by atoms with Gasteiger partial charge in [-0.1, -0.05) is 0 Å². The van der Waals surface area contributed by atoms with Gasteiger partial charge in [-0.05, 0) is 13.8 Å². The second-order valence-corrected chi connectivity index (χ2v) is 3.37. The molecule has 5 nitrogen and oxygen atoms in total. The first-order chi connectivity index (χ1) is 6.34. The standard InChI is InChI=1S/C9H14O5/c1-6(10)4-9(2,8(12)13)7(11)5-14-3/h4-5H2,1-3H3,(H,12,13). The van der Waals surface area contributed by atoms with E-state index in [-0.39, 0.29) is 18.8 Å². The van der Waals surface area contributed by atoms with Gasteiger partial charge in [0.15, 0.2) is 5.78 Å². The molecule has 1 unspecified atom stereocenters. The van der Waals surface area contributed by atoms with Crippen LogP contribution in [0.1, 0.15) is 20.3 Å². The largest absolute Gasteiger partial charge is 0.480 e. The highest BCUT2D eigenvalue weighted by Gasteiger charge is 2.41. The lowest BCUT2D eigenvalue weighted by molar-refractivity contribution is -0.157. The maximum Gasteiger partial charge on any atom is 0.317 e. The number of carbonyl (C=O) groups is 3. The van der Waals surface area contributed by atoms with Crippen molar-refractivity contribution in [3.8, 4) is 0 Å². The Morgan fingerprint density at radius 3 is 2.14 bits per heavy atom. The van der Waals surface area contributed by atoms with Crippen molar-refractivity contribution in [1.29, 1.82) is 0 Å². The predicted molar refractivity (Wildman–Crippen MR) is 47.9 cm³/mol. The van der Waals surface area contributed by atoms with Gasteiger partial charge in [0.05, 0.1) is 0 Å². The van der Waals surface area contributed by atoms with Crippen LogP contribution in [0.15, 0.2) is 0 Å². The predicted octanol–water partition coefficient (Wildman–Crippen LogP) is 0.272. The van der Waals surface area contributed by atoms with E-state index in [2.05, 4.69) is 4.74 Å². The lowest BCUT2D eigenvalue weighted by Crippen LogP contribution is -2.40. The first kappa shape index (κ1) is 12.8. The van der Waals surface area contributed by atoms with Gasteiger partial charge in [0, 0.05) is 13.5 Å².